The van der Waals surface area contributed by atoms with Gasteiger partial charge in [-0.2, -0.15) is 0 Å². The van der Waals surface area contributed by atoms with Crippen molar-refractivity contribution >= 4 is 11.6 Å². The van der Waals surface area contributed by atoms with Crippen LogP contribution in [0.25, 0.3) is 0 Å². The zero-order valence-corrected chi connectivity index (χ0v) is 15.4. The first-order valence-corrected chi connectivity index (χ1v) is 9.89. The van der Waals surface area contributed by atoms with E-state index < -0.39 is 0 Å². The molecule has 0 saturated heterocycles. The van der Waals surface area contributed by atoms with Crippen LogP contribution in [0.1, 0.15) is 72.1 Å². The second-order valence-corrected chi connectivity index (χ2v) is 8.28. The van der Waals surface area contributed by atoms with Crippen LogP contribution in [0.15, 0.2) is 11.6 Å². The molecule has 3 nitrogen and oxygen atoms in total. The number of fused-ring (bicyclic) bond motifs is 5. The molecule has 0 bridgehead atoms. The van der Waals surface area contributed by atoms with E-state index in [1.165, 1.54) is 5.57 Å². The first-order chi connectivity index (χ1) is 11.5. The second kappa shape index (κ2) is 6.40. The predicted molar refractivity (Wildman–Crippen MR) is 94.5 cm³/mol. The number of carbonyl (C=O) groups excluding carboxylic acids is 2. The maximum Gasteiger partial charge on any atom is 0.155 e. The maximum absolute atomic E-state index is 12.4. The Balaban J connectivity index is 0.000000815. The van der Waals surface area contributed by atoms with Crippen LogP contribution < -0.4 is 0 Å². The highest BCUT2D eigenvalue weighted by Gasteiger charge is 2.59. The lowest BCUT2D eigenvalue weighted by molar-refractivity contribution is -0.134. The van der Waals surface area contributed by atoms with E-state index in [0.717, 1.165) is 44.9 Å². The molecule has 0 radical (unpaired) electrons. The van der Waals surface area contributed by atoms with Gasteiger partial charge in [-0.1, -0.05) is 26.3 Å². The number of rotatable bonds is 1. The highest BCUT2D eigenvalue weighted by molar-refractivity contribution is 5.91. The molecule has 1 N–H and O–H groups in total. The van der Waals surface area contributed by atoms with Crippen LogP contribution in [0.4, 0.5) is 0 Å². The van der Waals surface area contributed by atoms with Gasteiger partial charge in [0.15, 0.2) is 5.78 Å². The van der Waals surface area contributed by atoms with Crippen LogP contribution in [0.3, 0.4) is 0 Å². The van der Waals surface area contributed by atoms with Gasteiger partial charge >= 0.3 is 0 Å². The minimum atomic E-state index is -0.163. The average Bonchev–Trinajstić information content (AvgIpc) is 2.91. The van der Waals surface area contributed by atoms with E-state index in [0.29, 0.717) is 30.0 Å². The Morgan fingerprint density at radius 1 is 1.04 bits per heavy atom. The van der Waals surface area contributed by atoms with Crippen LogP contribution in [-0.2, 0) is 9.59 Å². The Morgan fingerprint density at radius 2 is 1.79 bits per heavy atom. The molecule has 0 heterocycles. The molecular weight excluding hydrogens is 300 g/mol. The van der Waals surface area contributed by atoms with Gasteiger partial charge in [-0.15, -0.1) is 0 Å². The molecule has 3 heteroatoms. The third-order valence-corrected chi connectivity index (χ3v) is 7.68. The SMILES string of the molecule is CC.CC12CCC3C(CCC4=CC(=O)CCC43CO)C1CCC2=O. The predicted octanol–water partition coefficient (Wildman–Crippen LogP) is 4.09. The monoisotopic (exact) mass is 332 g/mol. The van der Waals surface area contributed by atoms with Crippen molar-refractivity contribution < 1.29 is 14.7 Å². The molecule has 4 aliphatic rings. The van der Waals surface area contributed by atoms with Gasteiger partial charge in [0.1, 0.15) is 5.78 Å². The van der Waals surface area contributed by atoms with E-state index in [1.54, 1.807) is 0 Å². The summed E-state index contributed by atoms with van der Waals surface area (Å²) in [7, 11) is 0. The van der Waals surface area contributed by atoms with E-state index in [2.05, 4.69) is 6.92 Å². The number of carbonyl (C=O) groups is 2. The van der Waals surface area contributed by atoms with E-state index in [4.69, 9.17) is 0 Å². The lowest BCUT2D eigenvalue weighted by Crippen LogP contribution is -2.53. The molecule has 5 atom stereocenters. The summed E-state index contributed by atoms with van der Waals surface area (Å²) in [4.78, 5) is 24.2. The third-order valence-electron chi connectivity index (χ3n) is 7.68. The second-order valence-electron chi connectivity index (χ2n) is 8.28. The molecule has 4 aliphatic carbocycles. The Bertz CT molecular complexity index is 563. The normalized spacial score (nSPS) is 43.8. The summed E-state index contributed by atoms with van der Waals surface area (Å²) in [5.74, 6) is 2.22. The fourth-order valence-corrected chi connectivity index (χ4v) is 6.43. The van der Waals surface area contributed by atoms with Crippen molar-refractivity contribution in [1.29, 1.82) is 0 Å². The molecule has 0 spiro atoms. The minimum Gasteiger partial charge on any atom is -0.395 e. The van der Waals surface area contributed by atoms with Crippen molar-refractivity contribution in [2.24, 2.45) is 28.6 Å². The Hall–Kier alpha value is -0.960. The van der Waals surface area contributed by atoms with Crippen LogP contribution >= 0.6 is 0 Å². The summed E-state index contributed by atoms with van der Waals surface area (Å²) in [6.45, 7) is 6.36. The summed E-state index contributed by atoms with van der Waals surface area (Å²) in [5, 5.41) is 10.2. The van der Waals surface area contributed by atoms with Gasteiger partial charge in [-0.25, -0.2) is 0 Å². The Labute approximate surface area is 145 Å². The molecule has 0 amide bonds. The molecular formula is C21H32O3. The van der Waals surface area contributed by atoms with Crippen LogP contribution in [-0.4, -0.2) is 23.3 Å². The average molecular weight is 332 g/mol. The van der Waals surface area contributed by atoms with Crippen molar-refractivity contribution in [3.8, 4) is 0 Å². The van der Waals surface area contributed by atoms with E-state index in [9.17, 15) is 14.7 Å². The fourth-order valence-electron chi connectivity index (χ4n) is 6.43. The Kier molecular flexibility index (Phi) is 4.76. The van der Waals surface area contributed by atoms with Crippen molar-refractivity contribution in [1.82, 2.24) is 0 Å². The molecule has 0 aromatic rings. The van der Waals surface area contributed by atoms with E-state index in [-0.39, 0.29) is 23.2 Å². The maximum atomic E-state index is 12.4. The summed E-state index contributed by atoms with van der Waals surface area (Å²) in [5.41, 5.74) is 0.938. The van der Waals surface area contributed by atoms with Crippen molar-refractivity contribution in [2.45, 2.75) is 72.1 Å². The topological polar surface area (TPSA) is 54.4 Å². The summed E-state index contributed by atoms with van der Waals surface area (Å²) >= 11 is 0. The fraction of sp³-hybridized carbons (Fsp3) is 0.810. The molecule has 134 valence electrons. The van der Waals surface area contributed by atoms with Crippen LogP contribution in [0, 0.1) is 28.6 Å². The summed E-state index contributed by atoms with van der Waals surface area (Å²) in [6, 6.07) is 0. The van der Waals surface area contributed by atoms with Gasteiger partial charge in [0, 0.05) is 23.7 Å². The van der Waals surface area contributed by atoms with Gasteiger partial charge in [-0.3, -0.25) is 9.59 Å². The van der Waals surface area contributed by atoms with Crippen molar-refractivity contribution in [2.75, 3.05) is 6.61 Å². The van der Waals surface area contributed by atoms with Gasteiger partial charge < -0.3 is 5.11 Å². The summed E-state index contributed by atoms with van der Waals surface area (Å²) < 4.78 is 0. The number of aliphatic hydroxyl groups is 1. The molecule has 3 fully saturated rings. The third kappa shape index (κ3) is 2.34. The van der Waals surface area contributed by atoms with Gasteiger partial charge in [0.25, 0.3) is 0 Å². The highest BCUT2D eigenvalue weighted by Crippen LogP contribution is 2.64. The van der Waals surface area contributed by atoms with Crippen molar-refractivity contribution in [3.63, 3.8) is 0 Å². The molecule has 24 heavy (non-hydrogen) atoms. The number of hydrogen-bond acceptors (Lipinski definition) is 3. The smallest absolute Gasteiger partial charge is 0.155 e. The standard InChI is InChI=1S/C19H26O3.C2H6/c1-18-8-7-16-14(15(18)4-5-17(18)22)3-2-12-10-13(21)6-9-19(12,16)11-20;1-2/h10,14-16,20H,2-9,11H2,1H3;1-2H3. The lowest BCUT2D eigenvalue weighted by atomic mass is 9.47. The van der Waals surface area contributed by atoms with Crippen LogP contribution in [0.5, 0.6) is 0 Å². The number of hydrogen-bond donors (Lipinski definition) is 1. The zero-order chi connectivity index (χ0) is 17.5. The lowest BCUT2D eigenvalue weighted by Gasteiger charge is -2.57. The Morgan fingerprint density at radius 3 is 2.50 bits per heavy atom. The number of ketones is 2. The van der Waals surface area contributed by atoms with Gasteiger partial charge in [-0.05, 0) is 62.4 Å². The number of Topliss-reactive ketones (excluding diaryl/α,β-unsaturated/α-hetero) is 1. The molecule has 0 aliphatic heterocycles. The quantitative estimate of drug-likeness (QED) is 0.787. The zero-order valence-electron chi connectivity index (χ0n) is 15.4. The van der Waals surface area contributed by atoms with Gasteiger partial charge in [0.2, 0.25) is 0 Å². The molecule has 0 aromatic carbocycles. The first kappa shape index (κ1) is 17.8. The van der Waals surface area contributed by atoms with E-state index in [1.807, 2.05) is 19.9 Å². The minimum absolute atomic E-state index is 0.108. The molecule has 4 rings (SSSR count). The van der Waals surface area contributed by atoms with Crippen molar-refractivity contribution in [3.05, 3.63) is 11.6 Å². The first-order valence-electron chi connectivity index (χ1n) is 9.89. The van der Waals surface area contributed by atoms with Gasteiger partial charge in [0.05, 0.1) is 6.61 Å². The molecule has 5 unspecified atom stereocenters. The molecule has 0 aromatic heterocycles. The highest BCUT2D eigenvalue weighted by atomic mass is 16.3. The molecule has 3 saturated carbocycles. The van der Waals surface area contributed by atoms with E-state index >= 15 is 0 Å². The largest absolute Gasteiger partial charge is 0.395 e. The summed E-state index contributed by atoms with van der Waals surface area (Å²) in [6.07, 6.45) is 9.06. The number of aliphatic hydroxyl groups excluding tert-OH is 1. The van der Waals surface area contributed by atoms with Crippen LogP contribution in [0.2, 0.25) is 0 Å².